The Labute approximate surface area is 760 Å². The van der Waals surface area contributed by atoms with Gasteiger partial charge in [-0.3, -0.25) is 24.0 Å². The number of hydrogen-bond acceptors (Lipinski definition) is 15. The van der Waals surface area contributed by atoms with Crippen molar-refractivity contribution in [1.29, 1.82) is 0 Å². The monoisotopic (exact) mass is 1770 g/mol. The number of fused-ring (bicyclic) bond motifs is 10. The fraction of sp³-hybridized carbons (Fsp3) is 0.500. The highest BCUT2D eigenvalue weighted by Gasteiger charge is 2.47. The summed E-state index contributed by atoms with van der Waals surface area (Å²) in [5.74, 6) is 1.97. The van der Waals surface area contributed by atoms with Gasteiger partial charge in [0.15, 0.2) is 0 Å². The van der Waals surface area contributed by atoms with E-state index < -0.39 is 0 Å². The van der Waals surface area contributed by atoms with Crippen LogP contribution >= 0.6 is 0 Å². The van der Waals surface area contributed by atoms with E-state index >= 15 is 0 Å². The fourth-order valence-corrected chi connectivity index (χ4v) is 23.7. The Bertz CT molecular complexity index is 5120. The van der Waals surface area contributed by atoms with E-state index in [4.69, 9.17) is 0 Å². The van der Waals surface area contributed by atoms with Crippen molar-refractivity contribution in [2.75, 3.05) is 136 Å². The Hall–Kier alpha value is -11.7. The molecule has 0 radical (unpaired) electrons. The Morgan fingerprint density at radius 3 is 0.592 bits per heavy atom. The maximum absolute atomic E-state index is 12.4. The molecule has 10 aromatic rings. The Morgan fingerprint density at radius 2 is 0.438 bits per heavy atom. The first kappa shape index (κ1) is 91.6. The Kier molecular flexibility index (Phi) is 27.0. The van der Waals surface area contributed by atoms with E-state index in [2.05, 4.69) is 233 Å². The van der Waals surface area contributed by atoms with Crippen molar-refractivity contribution in [3.05, 3.63) is 178 Å². The smallest absolute Gasteiger partial charge is 0.317 e. The predicted octanol–water partition coefficient (Wildman–Crippen LogP) is 10.6. The zero-order chi connectivity index (χ0) is 92.1. The van der Waals surface area contributed by atoms with Crippen molar-refractivity contribution in [1.82, 2.24) is 101 Å². The second-order valence-corrected chi connectivity index (χ2v) is 39.2. The summed E-state index contributed by atoms with van der Waals surface area (Å²) in [5.41, 5.74) is 19.9. The summed E-state index contributed by atoms with van der Waals surface area (Å²) >= 11 is 0. The van der Waals surface area contributed by atoms with Gasteiger partial charge in [-0.1, -0.05) is 60.7 Å². The van der Waals surface area contributed by atoms with Gasteiger partial charge in [0.05, 0.1) is 32.7 Å². The zero-order valence-corrected chi connectivity index (χ0v) is 77.9. The fourth-order valence-electron chi connectivity index (χ4n) is 23.7. The molecule has 5 aromatic carbocycles. The summed E-state index contributed by atoms with van der Waals surface area (Å²) in [6.45, 7) is 12.4. The molecule has 0 spiro atoms. The van der Waals surface area contributed by atoms with Crippen molar-refractivity contribution in [3.63, 3.8) is 0 Å². The molecule has 130 heavy (non-hydrogen) atoms. The molecule has 10 amide bonds. The number of amides is 10. The summed E-state index contributed by atoms with van der Waals surface area (Å²) in [4.78, 5) is 154. The SMILES string of the molecule is CC(=O)CN(C)C(=O)N[C@H]1C[C@@H]2c3cccc4[nH]cc(c34)C[C@H]2N(C)C1.CC(=O)CN(C)C(=O)N[C@H]1C[C@@H]2c3cccc4[nH]cc(c34)C[C@H]2N(C)C1.CC(=O)CN(C)C(=O)N[C@H]1C[C@@H]2c3cccc4[nH]cc(c34)C[C@H]2N(C)C1.CC(=O)CN(C)C(=O)N[C@H]1C[C@@H]2c3cccc4[nH]cc(c34)C[C@H]2N(C)C1.CC(=O)CN(C)C(=O)N[C@H]1C[C@@H]2c3cccc4[nH]cc(c34)C[C@H]2N(C)C1. The lowest BCUT2D eigenvalue weighted by Gasteiger charge is -2.45. The average Bonchev–Trinajstić information content (AvgIpc) is 1.55. The number of H-pyrrole nitrogens is 5. The number of nitrogens with zero attached hydrogens (tertiary/aromatic N) is 10. The highest BCUT2D eigenvalue weighted by Crippen LogP contribution is 2.49. The number of carbonyl (C=O) groups is 10. The number of likely N-dealkylation sites (tertiary alicyclic amines) is 5. The minimum Gasteiger partial charge on any atom is -0.361 e. The number of hydrogen-bond donors (Lipinski definition) is 10. The van der Waals surface area contributed by atoms with Gasteiger partial charge in [-0.05, 0) is 220 Å². The predicted molar refractivity (Wildman–Crippen MR) is 507 cm³/mol. The largest absolute Gasteiger partial charge is 0.361 e. The van der Waals surface area contributed by atoms with Crippen LogP contribution in [0.25, 0.3) is 54.5 Å². The standard InChI is InChI=1S/5C20H26N4O2/c5*1-12(25)10-24(3)20(26)22-14-8-16-15-5-4-6-17-19(15)13(9-21-17)7-18(16)23(2)11-14/h5*4-6,9,14,16,18,21H,7-8,10-11H2,1-3H3,(H,22,26)/t5*14-,16+,18+/m00000/s1. The molecule has 5 saturated heterocycles. The van der Waals surface area contributed by atoms with E-state index in [1.807, 2.05) is 0 Å². The molecule has 5 aliphatic carbocycles. The lowest BCUT2D eigenvalue weighted by Crippen LogP contribution is -2.56. The van der Waals surface area contributed by atoms with Gasteiger partial charge in [-0.15, -0.1) is 0 Å². The molecule has 0 saturated carbocycles. The molecule has 10 N–H and O–H groups in total. The van der Waals surface area contributed by atoms with Crippen LogP contribution in [0, 0.1) is 0 Å². The van der Waals surface area contributed by atoms with Gasteiger partial charge in [0.2, 0.25) is 0 Å². The summed E-state index contributed by atoms with van der Waals surface area (Å²) in [6, 6.07) is 34.3. The molecule has 10 heterocycles. The van der Waals surface area contributed by atoms with Gasteiger partial charge in [0.25, 0.3) is 0 Å². The summed E-state index contributed by atoms with van der Waals surface area (Å²) in [7, 11) is 19.1. The molecule has 30 nitrogen and oxygen atoms in total. The molecule has 5 aliphatic heterocycles. The topological polar surface area (TPSA) is 342 Å². The molecule has 0 unspecified atom stereocenters. The molecular formula is C100H130N20O10. The van der Waals surface area contributed by atoms with E-state index in [-0.39, 0.29) is 122 Å². The maximum atomic E-state index is 12.4. The van der Waals surface area contributed by atoms with E-state index in [1.54, 1.807) is 35.2 Å². The highest BCUT2D eigenvalue weighted by molar-refractivity contribution is 5.94. The van der Waals surface area contributed by atoms with Crippen LogP contribution < -0.4 is 26.6 Å². The second kappa shape index (κ2) is 38.4. The van der Waals surface area contributed by atoms with Crippen molar-refractivity contribution in [2.24, 2.45) is 0 Å². The lowest BCUT2D eigenvalue weighted by atomic mass is 9.74. The molecule has 15 atom stereocenters. The van der Waals surface area contributed by atoms with Gasteiger partial charge < -0.3 is 101 Å². The van der Waals surface area contributed by atoms with Crippen LogP contribution in [0.15, 0.2) is 122 Å². The minimum absolute atomic E-state index is 0.0116. The summed E-state index contributed by atoms with van der Waals surface area (Å²) < 4.78 is 0. The van der Waals surface area contributed by atoms with Gasteiger partial charge in [-0.25, -0.2) is 24.0 Å². The first-order valence-corrected chi connectivity index (χ1v) is 46.2. The van der Waals surface area contributed by atoms with Gasteiger partial charge in [0.1, 0.15) is 28.9 Å². The third-order valence-corrected chi connectivity index (χ3v) is 29.3. The van der Waals surface area contributed by atoms with Crippen molar-refractivity contribution < 1.29 is 47.9 Å². The normalized spacial score (nSPS) is 25.0. The van der Waals surface area contributed by atoms with Crippen molar-refractivity contribution >= 4 is 114 Å². The number of nitrogens with one attached hydrogen (secondary N) is 10. The highest BCUT2D eigenvalue weighted by atomic mass is 16.2. The number of ketones is 5. The van der Waals surface area contributed by atoms with Crippen molar-refractivity contribution in [3.8, 4) is 0 Å². The lowest BCUT2D eigenvalue weighted by molar-refractivity contribution is -0.118. The number of Topliss-reactive ketones (excluding diaryl/α,β-unsaturated/α-hetero) is 5. The second-order valence-electron chi connectivity index (χ2n) is 39.2. The quantitative estimate of drug-likeness (QED) is 0.0456. The van der Waals surface area contributed by atoms with Crippen LogP contribution in [-0.4, -0.2) is 329 Å². The number of piperidine rings is 5. The average molecular weight is 1770 g/mol. The molecule has 5 fully saturated rings. The zero-order valence-electron chi connectivity index (χ0n) is 77.9. The number of aromatic nitrogens is 5. The first-order valence-electron chi connectivity index (χ1n) is 46.2. The molecule has 10 aliphatic rings. The van der Waals surface area contributed by atoms with Gasteiger partial charge in [-0.2, -0.15) is 0 Å². The van der Waals surface area contributed by atoms with Crippen LogP contribution in [0.1, 0.15) is 152 Å². The summed E-state index contributed by atoms with van der Waals surface area (Å²) in [5, 5.41) is 22.4. The molecule has 0 bridgehead atoms. The Balaban J connectivity index is 0.000000119. The maximum Gasteiger partial charge on any atom is 0.317 e. The van der Waals surface area contributed by atoms with Gasteiger partial charge >= 0.3 is 30.2 Å². The number of urea groups is 5. The Morgan fingerprint density at radius 1 is 0.277 bits per heavy atom. The van der Waals surface area contributed by atoms with Crippen molar-refractivity contribution in [2.45, 2.75) is 189 Å². The number of aromatic amines is 5. The number of likely N-dealkylation sites (N-methyl/N-ethyl adjacent to an activating group) is 10. The number of rotatable bonds is 15. The van der Waals surface area contributed by atoms with E-state index in [0.29, 0.717) is 59.8 Å². The molecule has 690 valence electrons. The van der Waals surface area contributed by atoms with Crippen LogP contribution in [0.4, 0.5) is 24.0 Å². The van der Waals surface area contributed by atoms with E-state index in [1.165, 1.54) is 169 Å². The summed E-state index contributed by atoms with van der Waals surface area (Å²) in [6.07, 6.45) is 20.6. The molecule has 5 aromatic heterocycles. The molecule has 20 rings (SSSR count). The molecule has 30 heteroatoms. The van der Waals surface area contributed by atoms with Gasteiger partial charge in [0, 0.05) is 243 Å². The van der Waals surface area contributed by atoms with E-state index in [9.17, 15) is 47.9 Å². The third-order valence-electron chi connectivity index (χ3n) is 29.3. The van der Waals surface area contributed by atoms with Crippen LogP contribution in [0.3, 0.4) is 0 Å². The third kappa shape index (κ3) is 19.3. The number of carbonyl (C=O) groups excluding carboxylic acids is 10. The van der Waals surface area contributed by atoms with Crippen LogP contribution in [0.2, 0.25) is 0 Å². The minimum atomic E-state index is -0.173. The number of benzene rings is 5. The van der Waals surface area contributed by atoms with E-state index in [0.717, 1.165) is 96.9 Å². The molecular weight excluding hydrogens is 1640 g/mol. The first-order chi connectivity index (χ1) is 62.2. The van der Waals surface area contributed by atoms with Crippen LogP contribution in [-0.2, 0) is 56.1 Å². The van der Waals surface area contributed by atoms with Crippen LogP contribution in [0.5, 0.6) is 0 Å².